The van der Waals surface area contributed by atoms with Crippen LogP contribution in [0.5, 0.6) is 5.75 Å². The highest BCUT2D eigenvalue weighted by atomic mass is 32.2. The first-order valence-corrected chi connectivity index (χ1v) is 10.6. The van der Waals surface area contributed by atoms with Gasteiger partial charge in [0.05, 0.1) is 11.4 Å². The SMILES string of the molecule is Cc1ccc(COc2ccccc2/C=C2/SC(=O)N(Cc3ccc(F)cc3)C2=O)cc1. The van der Waals surface area contributed by atoms with Crippen LogP contribution in [0.1, 0.15) is 22.3 Å². The Morgan fingerprint density at radius 1 is 0.935 bits per heavy atom. The standard InChI is InChI=1S/C25H20FNO3S/c1-17-6-8-19(9-7-17)16-30-22-5-3-2-4-20(22)14-23-24(28)27(25(29)31-23)15-18-10-12-21(26)13-11-18/h2-14H,15-16H2,1H3/b23-14+. The molecular weight excluding hydrogens is 413 g/mol. The molecule has 2 amide bonds. The van der Waals surface area contributed by atoms with E-state index in [1.54, 1.807) is 18.2 Å². The largest absolute Gasteiger partial charge is 0.488 e. The van der Waals surface area contributed by atoms with E-state index >= 15 is 0 Å². The van der Waals surface area contributed by atoms with Gasteiger partial charge in [-0.25, -0.2) is 4.39 Å². The third kappa shape index (κ3) is 5.03. The van der Waals surface area contributed by atoms with Gasteiger partial charge in [-0.2, -0.15) is 0 Å². The minimum atomic E-state index is -0.368. The Kier molecular flexibility index (Phi) is 6.18. The number of carbonyl (C=O) groups is 2. The van der Waals surface area contributed by atoms with Crippen LogP contribution < -0.4 is 4.74 Å². The predicted octanol–water partition coefficient (Wildman–Crippen LogP) is 5.95. The smallest absolute Gasteiger partial charge is 0.293 e. The number of nitrogens with zero attached hydrogens (tertiary/aromatic N) is 1. The molecule has 156 valence electrons. The number of carbonyl (C=O) groups excluding carboxylic acids is 2. The van der Waals surface area contributed by atoms with E-state index < -0.39 is 0 Å². The van der Waals surface area contributed by atoms with E-state index in [4.69, 9.17) is 4.74 Å². The number of rotatable bonds is 6. The van der Waals surface area contributed by atoms with Gasteiger partial charge in [-0.15, -0.1) is 0 Å². The van der Waals surface area contributed by atoms with Gasteiger partial charge < -0.3 is 4.74 Å². The quantitative estimate of drug-likeness (QED) is 0.451. The van der Waals surface area contributed by atoms with Gasteiger partial charge in [0.1, 0.15) is 18.2 Å². The van der Waals surface area contributed by atoms with Crippen molar-refractivity contribution in [2.75, 3.05) is 0 Å². The van der Waals surface area contributed by atoms with Crippen LogP contribution >= 0.6 is 11.8 Å². The number of ether oxygens (including phenoxy) is 1. The lowest BCUT2D eigenvalue weighted by molar-refractivity contribution is -0.123. The third-order valence-electron chi connectivity index (χ3n) is 4.85. The third-order valence-corrected chi connectivity index (χ3v) is 5.76. The second-order valence-corrected chi connectivity index (χ2v) is 8.20. The average Bonchev–Trinajstić information content (AvgIpc) is 3.03. The number of thioether (sulfide) groups is 1. The van der Waals surface area contributed by atoms with Crippen LogP contribution in [0.15, 0.2) is 77.7 Å². The highest BCUT2D eigenvalue weighted by molar-refractivity contribution is 8.18. The zero-order chi connectivity index (χ0) is 21.8. The molecule has 4 rings (SSSR count). The number of halogens is 1. The van der Waals surface area contributed by atoms with E-state index in [1.807, 2.05) is 55.5 Å². The molecule has 6 heteroatoms. The van der Waals surface area contributed by atoms with E-state index in [1.165, 1.54) is 22.6 Å². The molecular formula is C25H20FNO3S. The van der Waals surface area contributed by atoms with Crippen LogP contribution in [-0.4, -0.2) is 16.0 Å². The molecule has 0 radical (unpaired) electrons. The lowest BCUT2D eigenvalue weighted by Crippen LogP contribution is -2.27. The maximum atomic E-state index is 13.1. The molecule has 1 aliphatic heterocycles. The summed E-state index contributed by atoms with van der Waals surface area (Å²) in [5.74, 6) is -0.0962. The van der Waals surface area contributed by atoms with Crippen molar-refractivity contribution >= 4 is 29.0 Å². The van der Waals surface area contributed by atoms with E-state index in [9.17, 15) is 14.0 Å². The molecule has 0 bridgehead atoms. The number of para-hydroxylation sites is 1. The molecule has 0 atom stereocenters. The van der Waals surface area contributed by atoms with Gasteiger partial charge in [0.2, 0.25) is 0 Å². The maximum Gasteiger partial charge on any atom is 0.293 e. The number of benzene rings is 3. The van der Waals surface area contributed by atoms with Gasteiger partial charge in [0.15, 0.2) is 0 Å². The van der Waals surface area contributed by atoms with Gasteiger partial charge in [-0.05, 0) is 54.1 Å². The molecule has 3 aromatic rings. The van der Waals surface area contributed by atoms with Crippen molar-refractivity contribution in [2.24, 2.45) is 0 Å². The average molecular weight is 434 g/mol. The lowest BCUT2D eigenvalue weighted by Gasteiger charge is -2.12. The molecule has 1 saturated heterocycles. The Labute approximate surface area is 184 Å². The topological polar surface area (TPSA) is 46.6 Å². The van der Waals surface area contributed by atoms with E-state index in [0.29, 0.717) is 22.8 Å². The molecule has 1 fully saturated rings. The highest BCUT2D eigenvalue weighted by Crippen LogP contribution is 2.35. The van der Waals surface area contributed by atoms with Gasteiger partial charge in [0, 0.05) is 5.56 Å². The molecule has 3 aromatic carbocycles. The summed E-state index contributed by atoms with van der Waals surface area (Å²) in [5.41, 5.74) is 3.63. The maximum absolute atomic E-state index is 13.1. The fourth-order valence-electron chi connectivity index (χ4n) is 3.13. The van der Waals surface area contributed by atoms with Gasteiger partial charge in [0.25, 0.3) is 11.1 Å². The molecule has 0 unspecified atom stereocenters. The van der Waals surface area contributed by atoms with Crippen molar-refractivity contribution in [3.8, 4) is 5.75 Å². The number of imide groups is 1. The minimum absolute atomic E-state index is 0.105. The Morgan fingerprint density at radius 2 is 1.61 bits per heavy atom. The number of hydrogen-bond acceptors (Lipinski definition) is 4. The first kappa shape index (κ1) is 20.9. The lowest BCUT2D eigenvalue weighted by atomic mass is 10.1. The molecule has 1 aliphatic rings. The number of aryl methyl sites for hydroxylation is 1. The van der Waals surface area contributed by atoms with Crippen molar-refractivity contribution in [3.63, 3.8) is 0 Å². The zero-order valence-electron chi connectivity index (χ0n) is 16.9. The zero-order valence-corrected chi connectivity index (χ0v) is 17.7. The molecule has 0 spiro atoms. The Morgan fingerprint density at radius 3 is 2.35 bits per heavy atom. The molecule has 1 heterocycles. The summed E-state index contributed by atoms with van der Waals surface area (Å²) in [6.45, 7) is 2.54. The van der Waals surface area contributed by atoms with E-state index in [0.717, 1.165) is 22.9 Å². The van der Waals surface area contributed by atoms with Crippen molar-refractivity contribution < 1.29 is 18.7 Å². The summed E-state index contributed by atoms with van der Waals surface area (Å²) in [7, 11) is 0. The van der Waals surface area contributed by atoms with Gasteiger partial charge in [-0.1, -0.05) is 60.2 Å². The van der Waals surface area contributed by atoms with Crippen molar-refractivity contribution in [3.05, 3.63) is 106 Å². The van der Waals surface area contributed by atoms with Crippen molar-refractivity contribution in [2.45, 2.75) is 20.1 Å². The van der Waals surface area contributed by atoms with Gasteiger partial charge >= 0.3 is 0 Å². The normalized spacial score (nSPS) is 15.0. The first-order chi connectivity index (χ1) is 15.0. The second kappa shape index (κ2) is 9.18. The molecule has 31 heavy (non-hydrogen) atoms. The summed E-state index contributed by atoms with van der Waals surface area (Å²) >= 11 is 0.893. The van der Waals surface area contributed by atoms with Crippen LogP contribution in [-0.2, 0) is 17.9 Å². The van der Waals surface area contributed by atoms with Crippen molar-refractivity contribution in [1.29, 1.82) is 0 Å². The first-order valence-electron chi connectivity index (χ1n) is 9.77. The molecule has 4 nitrogen and oxygen atoms in total. The van der Waals surface area contributed by atoms with Crippen LogP contribution in [0.2, 0.25) is 0 Å². The van der Waals surface area contributed by atoms with Crippen LogP contribution in [0.25, 0.3) is 6.08 Å². The second-order valence-electron chi connectivity index (χ2n) is 7.21. The molecule has 0 saturated carbocycles. The predicted molar refractivity (Wildman–Crippen MR) is 120 cm³/mol. The molecule has 0 N–H and O–H groups in total. The fraction of sp³-hybridized carbons (Fsp3) is 0.120. The Bertz CT molecular complexity index is 1140. The summed E-state index contributed by atoms with van der Waals surface area (Å²) in [6, 6.07) is 21.2. The molecule has 0 aromatic heterocycles. The van der Waals surface area contributed by atoms with Crippen molar-refractivity contribution in [1.82, 2.24) is 4.90 Å². The number of amides is 2. The summed E-state index contributed by atoms with van der Waals surface area (Å²) in [4.78, 5) is 26.7. The Hall–Kier alpha value is -3.38. The summed E-state index contributed by atoms with van der Waals surface area (Å²) in [6.07, 6.45) is 1.68. The van der Waals surface area contributed by atoms with E-state index in [-0.39, 0.29) is 23.5 Å². The van der Waals surface area contributed by atoms with Crippen LogP contribution in [0.3, 0.4) is 0 Å². The number of hydrogen-bond donors (Lipinski definition) is 0. The van der Waals surface area contributed by atoms with Crippen LogP contribution in [0, 0.1) is 12.7 Å². The van der Waals surface area contributed by atoms with Gasteiger partial charge in [-0.3, -0.25) is 14.5 Å². The van der Waals surface area contributed by atoms with Crippen LogP contribution in [0.4, 0.5) is 9.18 Å². The fourth-order valence-corrected chi connectivity index (χ4v) is 3.96. The summed E-state index contributed by atoms with van der Waals surface area (Å²) < 4.78 is 19.1. The minimum Gasteiger partial charge on any atom is -0.488 e. The van der Waals surface area contributed by atoms with E-state index in [2.05, 4.69) is 0 Å². The molecule has 0 aliphatic carbocycles. The Balaban J connectivity index is 1.50. The monoisotopic (exact) mass is 433 g/mol. The summed E-state index contributed by atoms with van der Waals surface area (Å²) in [5, 5.41) is -0.348. The highest BCUT2D eigenvalue weighted by Gasteiger charge is 2.35.